The molecule has 1 aliphatic carbocycles. The Kier molecular flexibility index (Phi) is 5.55. The van der Waals surface area contributed by atoms with Crippen molar-refractivity contribution in [3.8, 4) is 5.75 Å². The Morgan fingerprint density at radius 1 is 1.39 bits per heavy atom. The Hall–Kier alpha value is -1.55. The second kappa shape index (κ2) is 7.82. The topological polar surface area (TPSA) is 47.6 Å². The number of fused-ring (bicyclic) bond motifs is 1. The van der Waals surface area contributed by atoms with E-state index in [1.54, 1.807) is 7.11 Å². The van der Waals surface area contributed by atoms with E-state index < -0.39 is 0 Å². The second-order valence-electron chi connectivity index (χ2n) is 6.73. The third-order valence-corrected chi connectivity index (χ3v) is 5.14. The summed E-state index contributed by atoms with van der Waals surface area (Å²) >= 11 is 0. The minimum Gasteiger partial charge on any atom is -0.497 e. The number of amides is 1. The van der Waals surface area contributed by atoms with Gasteiger partial charge in [0, 0.05) is 32.1 Å². The first kappa shape index (κ1) is 16.3. The lowest BCUT2D eigenvalue weighted by molar-refractivity contribution is -0.121. The Balaban J connectivity index is 1.50. The lowest BCUT2D eigenvalue weighted by atomic mass is 9.82. The fourth-order valence-electron chi connectivity index (χ4n) is 3.70. The lowest BCUT2D eigenvalue weighted by Gasteiger charge is -2.26. The van der Waals surface area contributed by atoms with Gasteiger partial charge in [-0.1, -0.05) is 6.07 Å². The van der Waals surface area contributed by atoms with Gasteiger partial charge in [0.1, 0.15) is 5.75 Å². The highest BCUT2D eigenvalue weighted by atomic mass is 16.5. The first-order valence-corrected chi connectivity index (χ1v) is 8.77. The molecule has 1 saturated heterocycles. The van der Waals surface area contributed by atoms with E-state index in [-0.39, 0.29) is 5.91 Å². The maximum atomic E-state index is 12.1. The zero-order valence-electron chi connectivity index (χ0n) is 14.0. The van der Waals surface area contributed by atoms with Crippen molar-refractivity contribution in [2.24, 2.45) is 5.92 Å². The van der Waals surface area contributed by atoms with Crippen LogP contribution in [0.15, 0.2) is 18.2 Å². The van der Waals surface area contributed by atoms with Crippen molar-refractivity contribution in [3.05, 3.63) is 29.3 Å². The molecule has 1 N–H and O–H groups in total. The number of rotatable bonds is 6. The second-order valence-corrected chi connectivity index (χ2v) is 6.73. The molecular formula is C19H27NO3. The zero-order valence-corrected chi connectivity index (χ0v) is 14.0. The summed E-state index contributed by atoms with van der Waals surface area (Å²) in [5, 5.41) is 3.13. The summed E-state index contributed by atoms with van der Waals surface area (Å²) in [6, 6.07) is 6.34. The number of benzene rings is 1. The van der Waals surface area contributed by atoms with Crippen molar-refractivity contribution in [1.82, 2.24) is 5.32 Å². The fraction of sp³-hybridized carbons (Fsp3) is 0.632. The maximum Gasteiger partial charge on any atom is 0.220 e. The molecule has 2 atom stereocenters. The highest BCUT2D eigenvalue weighted by molar-refractivity contribution is 5.75. The van der Waals surface area contributed by atoms with Gasteiger partial charge >= 0.3 is 0 Å². The quantitative estimate of drug-likeness (QED) is 0.877. The molecule has 0 spiro atoms. The predicted molar refractivity (Wildman–Crippen MR) is 89.8 cm³/mol. The number of ether oxygens (including phenoxy) is 2. The van der Waals surface area contributed by atoms with Gasteiger partial charge in [-0.3, -0.25) is 4.79 Å². The maximum absolute atomic E-state index is 12.1. The number of hydrogen-bond donors (Lipinski definition) is 1. The molecule has 0 radical (unpaired) electrons. The van der Waals surface area contributed by atoms with E-state index in [2.05, 4.69) is 17.4 Å². The first-order valence-electron chi connectivity index (χ1n) is 8.77. The summed E-state index contributed by atoms with van der Waals surface area (Å²) in [4.78, 5) is 12.1. The van der Waals surface area contributed by atoms with Crippen LogP contribution < -0.4 is 10.1 Å². The summed E-state index contributed by atoms with van der Waals surface area (Å²) in [6.07, 6.45) is 6.11. The van der Waals surface area contributed by atoms with E-state index in [0.717, 1.165) is 51.2 Å². The average Bonchev–Trinajstić information content (AvgIpc) is 3.11. The van der Waals surface area contributed by atoms with Crippen LogP contribution >= 0.6 is 0 Å². The summed E-state index contributed by atoms with van der Waals surface area (Å²) in [5.74, 6) is 2.11. The Labute approximate surface area is 138 Å². The van der Waals surface area contributed by atoms with Gasteiger partial charge in [-0.25, -0.2) is 0 Å². The first-order chi connectivity index (χ1) is 11.3. The molecule has 1 aromatic rings. The third kappa shape index (κ3) is 4.25. The number of hydrogen-bond acceptors (Lipinski definition) is 3. The number of carbonyl (C=O) groups excluding carboxylic acids is 1. The predicted octanol–water partition coefficient (Wildman–Crippen LogP) is 3.05. The molecule has 1 heterocycles. The van der Waals surface area contributed by atoms with E-state index in [4.69, 9.17) is 9.47 Å². The Bertz CT molecular complexity index is 537. The van der Waals surface area contributed by atoms with E-state index in [1.807, 2.05) is 6.07 Å². The molecule has 23 heavy (non-hydrogen) atoms. The van der Waals surface area contributed by atoms with E-state index in [1.165, 1.54) is 17.5 Å². The molecule has 1 aromatic carbocycles. The van der Waals surface area contributed by atoms with Crippen molar-refractivity contribution < 1.29 is 14.3 Å². The van der Waals surface area contributed by atoms with Crippen LogP contribution in [-0.4, -0.2) is 32.8 Å². The molecule has 1 aliphatic heterocycles. The molecule has 4 nitrogen and oxygen atoms in total. The SMILES string of the molecule is COc1ccc2c(c1)CCC[C@@H]2CNC(=O)CC[C@@H]1CCOC1. The lowest BCUT2D eigenvalue weighted by Crippen LogP contribution is -2.30. The van der Waals surface area contributed by atoms with Gasteiger partial charge in [-0.2, -0.15) is 0 Å². The van der Waals surface area contributed by atoms with Crippen LogP contribution in [0.2, 0.25) is 0 Å². The third-order valence-electron chi connectivity index (χ3n) is 5.14. The average molecular weight is 317 g/mol. The standard InChI is InChI=1S/C19H27NO3/c1-22-17-6-7-18-15(11-17)3-2-4-16(18)12-20-19(21)8-5-14-9-10-23-13-14/h6-7,11,14,16H,2-5,8-10,12-13H2,1H3,(H,20,21)/t14-,16-/m1/s1. The highest BCUT2D eigenvalue weighted by Crippen LogP contribution is 2.33. The Morgan fingerprint density at radius 2 is 2.30 bits per heavy atom. The van der Waals surface area contributed by atoms with E-state index in [0.29, 0.717) is 18.3 Å². The number of methoxy groups -OCH3 is 1. The van der Waals surface area contributed by atoms with Crippen LogP contribution in [-0.2, 0) is 16.0 Å². The van der Waals surface area contributed by atoms with Crippen LogP contribution in [0, 0.1) is 5.92 Å². The molecule has 0 saturated carbocycles. The summed E-state index contributed by atoms with van der Waals surface area (Å²) in [7, 11) is 1.71. The van der Waals surface area contributed by atoms with Crippen LogP contribution in [0.25, 0.3) is 0 Å². The van der Waals surface area contributed by atoms with Crippen molar-refractivity contribution in [2.45, 2.75) is 44.4 Å². The van der Waals surface area contributed by atoms with Gasteiger partial charge in [-0.05, 0) is 61.3 Å². The zero-order chi connectivity index (χ0) is 16.1. The molecule has 2 aliphatic rings. The number of carbonyl (C=O) groups is 1. The van der Waals surface area contributed by atoms with E-state index >= 15 is 0 Å². The van der Waals surface area contributed by atoms with Crippen molar-refractivity contribution >= 4 is 5.91 Å². The molecule has 126 valence electrons. The molecular weight excluding hydrogens is 290 g/mol. The van der Waals surface area contributed by atoms with Crippen LogP contribution in [0.5, 0.6) is 5.75 Å². The monoisotopic (exact) mass is 317 g/mol. The van der Waals surface area contributed by atoms with Crippen molar-refractivity contribution in [2.75, 3.05) is 26.9 Å². The summed E-state index contributed by atoms with van der Waals surface area (Å²) < 4.78 is 10.7. The molecule has 1 amide bonds. The summed E-state index contributed by atoms with van der Waals surface area (Å²) in [5.41, 5.74) is 2.75. The summed E-state index contributed by atoms with van der Waals surface area (Å²) in [6.45, 7) is 2.43. The van der Waals surface area contributed by atoms with Crippen LogP contribution in [0.1, 0.15) is 49.1 Å². The van der Waals surface area contributed by atoms with Gasteiger partial charge in [0.25, 0.3) is 0 Å². The molecule has 0 bridgehead atoms. The minimum atomic E-state index is 0.178. The van der Waals surface area contributed by atoms with Gasteiger partial charge in [0.15, 0.2) is 0 Å². The van der Waals surface area contributed by atoms with Gasteiger partial charge in [-0.15, -0.1) is 0 Å². The highest BCUT2D eigenvalue weighted by Gasteiger charge is 2.22. The molecule has 4 heteroatoms. The Morgan fingerprint density at radius 3 is 3.09 bits per heavy atom. The van der Waals surface area contributed by atoms with Crippen molar-refractivity contribution in [3.63, 3.8) is 0 Å². The fourth-order valence-corrected chi connectivity index (χ4v) is 3.70. The van der Waals surface area contributed by atoms with Crippen LogP contribution in [0.3, 0.4) is 0 Å². The largest absolute Gasteiger partial charge is 0.497 e. The molecule has 0 unspecified atom stereocenters. The van der Waals surface area contributed by atoms with Crippen molar-refractivity contribution in [1.29, 1.82) is 0 Å². The normalized spacial score (nSPS) is 23.3. The molecule has 3 rings (SSSR count). The number of aryl methyl sites for hydroxylation is 1. The smallest absolute Gasteiger partial charge is 0.220 e. The molecule has 0 aromatic heterocycles. The molecule has 1 fully saturated rings. The van der Waals surface area contributed by atoms with Gasteiger partial charge in [0.05, 0.1) is 7.11 Å². The number of nitrogens with one attached hydrogen (secondary N) is 1. The van der Waals surface area contributed by atoms with E-state index in [9.17, 15) is 4.79 Å². The van der Waals surface area contributed by atoms with Gasteiger partial charge < -0.3 is 14.8 Å². The van der Waals surface area contributed by atoms with Crippen LogP contribution in [0.4, 0.5) is 0 Å². The minimum absolute atomic E-state index is 0.178. The van der Waals surface area contributed by atoms with Gasteiger partial charge in [0.2, 0.25) is 5.91 Å².